The van der Waals surface area contributed by atoms with Gasteiger partial charge in [-0.05, 0) is 17.7 Å². The largest absolute Gasteiger partial charge is 0.497 e. The average molecular weight is 255 g/mol. The van der Waals surface area contributed by atoms with Crippen LogP contribution in [0.2, 0.25) is 0 Å². The van der Waals surface area contributed by atoms with Gasteiger partial charge in [0.2, 0.25) is 15.9 Å². The molecule has 1 aromatic rings. The number of carbonyl (C=O) groups is 1. The van der Waals surface area contributed by atoms with Crippen molar-refractivity contribution in [3.63, 3.8) is 0 Å². The van der Waals surface area contributed by atoms with Gasteiger partial charge in [-0.15, -0.1) is 0 Å². The first-order chi connectivity index (χ1) is 8.03. The predicted molar refractivity (Wildman–Crippen MR) is 61.9 cm³/mol. The van der Waals surface area contributed by atoms with E-state index >= 15 is 0 Å². The van der Waals surface area contributed by atoms with Gasteiger partial charge in [0.25, 0.3) is 0 Å². The van der Waals surface area contributed by atoms with Crippen molar-refractivity contribution in [2.45, 2.75) is 13.0 Å². The number of hydrogen-bond acceptors (Lipinski definition) is 4. The SMILES string of the molecule is COc1ccc(CN2C(=O)CCS2(=O)=O)cc1. The Labute approximate surface area is 100 Å². The molecule has 1 aromatic carbocycles. The summed E-state index contributed by atoms with van der Waals surface area (Å²) in [4.78, 5) is 11.4. The fourth-order valence-electron chi connectivity index (χ4n) is 1.69. The van der Waals surface area contributed by atoms with Crippen LogP contribution in [0.5, 0.6) is 5.75 Å². The van der Waals surface area contributed by atoms with E-state index < -0.39 is 10.0 Å². The standard InChI is InChI=1S/C11H13NO4S/c1-16-10-4-2-9(3-5-10)8-12-11(13)6-7-17(12,14)15/h2-5H,6-8H2,1H3. The Morgan fingerprint density at radius 2 is 1.94 bits per heavy atom. The van der Waals surface area contributed by atoms with Crippen molar-refractivity contribution < 1.29 is 17.9 Å². The molecular weight excluding hydrogens is 242 g/mol. The zero-order valence-electron chi connectivity index (χ0n) is 9.42. The van der Waals surface area contributed by atoms with Crippen LogP contribution in [0.3, 0.4) is 0 Å². The molecule has 0 aromatic heterocycles. The van der Waals surface area contributed by atoms with Crippen molar-refractivity contribution in [1.82, 2.24) is 4.31 Å². The summed E-state index contributed by atoms with van der Waals surface area (Å²) in [5.74, 6) is 0.285. The molecule has 1 aliphatic heterocycles. The molecular formula is C11H13NO4S. The fraction of sp³-hybridized carbons (Fsp3) is 0.364. The van der Waals surface area contributed by atoms with Crippen LogP contribution in [0.15, 0.2) is 24.3 Å². The minimum absolute atomic E-state index is 0.0814. The summed E-state index contributed by atoms with van der Waals surface area (Å²) in [5, 5.41) is 0. The van der Waals surface area contributed by atoms with Crippen LogP contribution in [0.1, 0.15) is 12.0 Å². The summed E-state index contributed by atoms with van der Waals surface area (Å²) < 4.78 is 29.1. The highest BCUT2D eigenvalue weighted by molar-refractivity contribution is 7.90. The molecule has 1 saturated heterocycles. The molecule has 0 saturated carbocycles. The molecule has 0 N–H and O–H groups in total. The maximum absolute atomic E-state index is 11.6. The smallest absolute Gasteiger partial charge is 0.238 e. The van der Waals surface area contributed by atoms with Crippen molar-refractivity contribution in [1.29, 1.82) is 0 Å². The predicted octanol–water partition coefficient (Wildman–Crippen LogP) is 0.757. The number of amides is 1. The van der Waals surface area contributed by atoms with Gasteiger partial charge in [0.1, 0.15) is 5.75 Å². The summed E-state index contributed by atoms with van der Waals surface area (Å²) in [6.07, 6.45) is 0.0818. The molecule has 0 atom stereocenters. The van der Waals surface area contributed by atoms with Crippen LogP contribution in [-0.2, 0) is 21.4 Å². The van der Waals surface area contributed by atoms with Gasteiger partial charge in [-0.2, -0.15) is 0 Å². The van der Waals surface area contributed by atoms with Gasteiger partial charge in [0.05, 0.1) is 19.4 Å². The van der Waals surface area contributed by atoms with E-state index in [1.54, 1.807) is 31.4 Å². The van der Waals surface area contributed by atoms with E-state index in [0.717, 1.165) is 9.87 Å². The quantitative estimate of drug-likeness (QED) is 0.799. The summed E-state index contributed by atoms with van der Waals surface area (Å²) in [6.45, 7) is 0.102. The fourth-order valence-corrected chi connectivity index (χ4v) is 3.09. The zero-order chi connectivity index (χ0) is 12.5. The molecule has 1 heterocycles. The third-order valence-corrected chi connectivity index (χ3v) is 4.40. The van der Waals surface area contributed by atoms with Crippen LogP contribution >= 0.6 is 0 Å². The summed E-state index contributed by atoms with van der Waals surface area (Å²) in [7, 11) is -1.84. The molecule has 0 bridgehead atoms. The highest BCUT2D eigenvalue weighted by Crippen LogP contribution is 2.20. The first kappa shape index (κ1) is 11.9. The lowest BCUT2D eigenvalue weighted by atomic mass is 10.2. The second-order valence-electron chi connectivity index (χ2n) is 3.81. The van der Waals surface area contributed by atoms with Gasteiger partial charge in [-0.3, -0.25) is 4.79 Å². The van der Waals surface area contributed by atoms with E-state index in [9.17, 15) is 13.2 Å². The van der Waals surface area contributed by atoms with Gasteiger partial charge in [-0.1, -0.05) is 12.1 Å². The molecule has 17 heavy (non-hydrogen) atoms. The maximum atomic E-state index is 11.6. The number of ether oxygens (including phenoxy) is 1. The molecule has 1 aliphatic rings. The van der Waals surface area contributed by atoms with E-state index in [-0.39, 0.29) is 24.6 Å². The molecule has 6 heteroatoms. The number of benzene rings is 1. The Hall–Kier alpha value is -1.56. The van der Waals surface area contributed by atoms with Crippen LogP contribution in [0.4, 0.5) is 0 Å². The topological polar surface area (TPSA) is 63.7 Å². The Kier molecular flexibility index (Phi) is 3.06. The Morgan fingerprint density at radius 1 is 1.29 bits per heavy atom. The number of carbonyl (C=O) groups excluding carboxylic acids is 1. The van der Waals surface area contributed by atoms with Crippen molar-refractivity contribution >= 4 is 15.9 Å². The van der Waals surface area contributed by atoms with Crippen LogP contribution in [0.25, 0.3) is 0 Å². The number of hydrogen-bond donors (Lipinski definition) is 0. The lowest BCUT2D eigenvalue weighted by molar-refractivity contribution is -0.125. The monoisotopic (exact) mass is 255 g/mol. The molecule has 1 fully saturated rings. The van der Waals surface area contributed by atoms with Crippen molar-refractivity contribution in [3.8, 4) is 5.75 Å². The van der Waals surface area contributed by atoms with E-state index in [1.165, 1.54) is 0 Å². The number of rotatable bonds is 3. The molecule has 0 aliphatic carbocycles. The molecule has 0 radical (unpaired) electrons. The third-order valence-electron chi connectivity index (χ3n) is 2.67. The van der Waals surface area contributed by atoms with Gasteiger partial charge in [-0.25, -0.2) is 12.7 Å². The number of nitrogens with zero attached hydrogens (tertiary/aromatic N) is 1. The van der Waals surface area contributed by atoms with E-state index in [0.29, 0.717) is 5.75 Å². The Balaban J connectivity index is 2.17. The molecule has 2 rings (SSSR count). The number of sulfonamides is 1. The highest BCUT2D eigenvalue weighted by Gasteiger charge is 2.34. The van der Waals surface area contributed by atoms with Gasteiger partial charge < -0.3 is 4.74 Å². The van der Waals surface area contributed by atoms with Crippen LogP contribution < -0.4 is 4.74 Å². The molecule has 0 unspecified atom stereocenters. The van der Waals surface area contributed by atoms with E-state index in [1.807, 2.05) is 0 Å². The Morgan fingerprint density at radius 3 is 2.41 bits per heavy atom. The second-order valence-corrected chi connectivity index (χ2v) is 5.83. The van der Waals surface area contributed by atoms with E-state index in [2.05, 4.69) is 0 Å². The summed E-state index contributed by atoms with van der Waals surface area (Å²) in [5.41, 5.74) is 0.768. The molecule has 1 amide bonds. The first-order valence-corrected chi connectivity index (χ1v) is 6.80. The van der Waals surface area contributed by atoms with Crippen LogP contribution in [0, 0.1) is 0 Å². The van der Waals surface area contributed by atoms with E-state index in [4.69, 9.17) is 4.74 Å². The lowest BCUT2D eigenvalue weighted by Gasteiger charge is -2.14. The maximum Gasteiger partial charge on any atom is 0.238 e. The summed E-state index contributed by atoms with van der Waals surface area (Å²) >= 11 is 0. The second kappa shape index (κ2) is 4.37. The molecule has 92 valence electrons. The zero-order valence-corrected chi connectivity index (χ0v) is 10.2. The lowest BCUT2D eigenvalue weighted by Crippen LogP contribution is -2.28. The van der Waals surface area contributed by atoms with Crippen LogP contribution in [-0.4, -0.2) is 31.5 Å². The minimum atomic E-state index is -3.40. The van der Waals surface area contributed by atoms with Crippen molar-refractivity contribution in [2.75, 3.05) is 12.9 Å². The average Bonchev–Trinajstić information content (AvgIpc) is 2.57. The number of methoxy groups -OCH3 is 1. The highest BCUT2D eigenvalue weighted by atomic mass is 32.2. The van der Waals surface area contributed by atoms with Gasteiger partial charge in [0, 0.05) is 6.42 Å². The molecule has 5 nitrogen and oxygen atoms in total. The third kappa shape index (κ3) is 2.41. The Bertz CT molecular complexity index is 521. The molecule has 0 spiro atoms. The minimum Gasteiger partial charge on any atom is -0.497 e. The van der Waals surface area contributed by atoms with Crippen molar-refractivity contribution in [3.05, 3.63) is 29.8 Å². The van der Waals surface area contributed by atoms with Crippen molar-refractivity contribution in [2.24, 2.45) is 0 Å². The summed E-state index contributed by atoms with van der Waals surface area (Å²) in [6, 6.07) is 6.98. The normalized spacial score (nSPS) is 18.4. The first-order valence-electron chi connectivity index (χ1n) is 5.19. The van der Waals surface area contributed by atoms with Gasteiger partial charge in [0.15, 0.2) is 0 Å². The van der Waals surface area contributed by atoms with Gasteiger partial charge >= 0.3 is 0 Å².